The van der Waals surface area contributed by atoms with Crippen molar-refractivity contribution >= 4 is 34.1 Å². The van der Waals surface area contributed by atoms with Crippen LogP contribution in [0.5, 0.6) is 11.5 Å². The van der Waals surface area contributed by atoms with Gasteiger partial charge in [0.15, 0.2) is 11.5 Å². The summed E-state index contributed by atoms with van der Waals surface area (Å²) in [5.41, 5.74) is 6.71. The van der Waals surface area contributed by atoms with Crippen LogP contribution < -0.4 is 25.8 Å². The van der Waals surface area contributed by atoms with E-state index in [2.05, 4.69) is 10.6 Å². The summed E-state index contributed by atoms with van der Waals surface area (Å²) in [6.45, 7) is 4.55. The number of carbonyl (C=O) groups is 3. The number of nitrogens with two attached hydrogens (primary N) is 1. The third-order valence-corrected chi connectivity index (χ3v) is 7.46. The number of hydrogen-bond acceptors (Lipinski definition) is 8. The largest absolute Gasteiger partial charge is 0.486 e. The number of nitrogens with one attached hydrogen (secondary N) is 2. The number of rotatable bonds is 8. The topological polar surface area (TPSA) is 129 Å². The number of thiophene rings is 1. The number of anilines is 1. The maximum atomic E-state index is 12.9. The Labute approximate surface area is 201 Å². The molecular weight excluding hydrogens is 458 g/mol. The van der Waals surface area contributed by atoms with Gasteiger partial charge in [-0.1, -0.05) is 18.9 Å². The zero-order valence-corrected chi connectivity index (χ0v) is 20.1. The molecule has 0 spiro atoms. The second-order valence-corrected chi connectivity index (χ2v) is 9.42. The minimum Gasteiger partial charge on any atom is -0.486 e. The number of ether oxygens (including phenoxy) is 3. The number of esters is 1. The minimum atomic E-state index is -0.657. The molecule has 1 aliphatic carbocycles. The van der Waals surface area contributed by atoms with Gasteiger partial charge in [0.05, 0.1) is 23.6 Å². The molecule has 0 radical (unpaired) electrons. The van der Waals surface area contributed by atoms with Crippen LogP contribution in [0, 0.1) is 6.92 Å². The summed E-state index contributed by atoms with van der Waals surface area (Å²) < 4.78 is 16.5. The first-order valence-electron chi connectivity index (χ1n) is 11.4. The third-order valence-electron chi connectivity index (χ3n) is 6.24. The maximum Gasteiger partial charge on any atom is 0.341 e. The van der Waals surface area contributed by atoms with Gasteiger partial charge in [0, 0.05) is 5.54 Å². The Balaban J connectivity index is 1.51. The fraction of sp³-hybridized carbons (Fsp3) is 0.458. The van der Waals surface area contributed by atoms with Crippen LogP contribution in [0.4, 0.5) is 5.00 Å². The van der Waals surface area contributed by atoms with Crippen LogP contribution in [0.25, 0.3) is 0 Å². The van der Waals surface area contributed by atoms with Gasteiger partial charge in [-0.15, -0.1) is 11.3 Å². The van der Waals surface area contributed by atoms with Crippen LogP contribution in [0.1, 0.15) is 63.8 Å². The molecular formula is C24H29N3O6S. The molecule has 9 nitrogen and oxygen atoms in total. The van der Waals surface area contributed by atoms with Gasteiger partial charge in [0.2, 0.25) is 5.91 Å². The fourth-order valence-electron chi connectivity index (χ4n) is 4.59. The molecule has 1 fully saturated rings. The SMILES string of the molecule is CCOC(=O)c1c(NC(=O)CNC2(c3ccc4c(c3)OCCO4)CCCC2)sc(C(N)=O)c1C. The molecule has 10 heteroatoms. The predicted molar refractivity (Wildman–Crippen MR) is 128 cm³/mol. The molecule has 0 bridgehead atoms. The lowest BCUT2D eigenvalue weighted by Gasteiger charge is -2.32. The molecule has 2 aliphatic rings. The van der Waals surface area contributed by atoms with E-state index in [-0.39, 0.29) is 40.0 Å². The molecule has 4 N–H and O–H groups in total. The zero-order valence-electron chi connectivity index (χ0n) is 19.3. The van der Waals surface area contributed by atoms with Crippen molar-refractivity contribution in [3.05, 3.63) is 39.8 Å². The number of fused-ring (bicyclic) bond motifs is 1. The molecule has 2 heterocycles. The first-order valence-corrected chi connectivity index (χ1v) is 12.2. The lowest BCUT2D eigenvalue weighted by Crippen LogP contribution is -2.44. The van der Waals surface area contributed by atoms with Crippen molar-refractivity contribution in [2.24, 2.45) is 5.73 Å². The van der Waals surface area contributed by atoms with E-state index in [9.17, 15) is 14.4 Å². The van der Waals surface area contributed by atoms with E-state index in [4.69, 9.17) is 19.9 Å². The van der Waals surface area contributed by atoms with Gasteiger partial charge in [-0.25, -0.2) is 4.79 Å². The normalized spacial score (nSPS) is 16.2. The van der Waals surface area contributed by atoms with Crippen LogP contribution in [0.2, 0.25) is 0 Å². The van der Waals surface area contributed by atoms with E-state index in [1.165, 1.54) is 0 Å². The highest BCUT2D eigenvalue weighted by Crippen LogP contribution is 2.42. The van der Waals surface area contributed by atoms with Crippen molar-refractivity contribution in [3.8, 4) is 11.5 Å². The average molecular weight is 488 g/mol. The molecule has 4 rings (SSSR count). The highest BCUT2D eigenvalue weighted by atomic mass is 32.1. The summed E-state index contributed by atoms with van der Waals surface area (Å²) in [5.74, 6) is -0.142. The quantitative estimate of drug-likeness (QED) is 0.488. The lowest BCUT2D eigenvalue weighted by atomic mass is 9.87. The molecule has 1 aromatic carbocycles. The van der Waals surface area contributed by atoms with Gasteiger partial charge < -0.3 is 25.3 Å². The van der Waals surface area contributed by atoms with E-state index in [1.54, 1.807) is 13.8 Å². The van der Waals surface area contributed by atoms with Crippen molar-refractivity contribution < 1.29 is 28.6 Å². The summed E-state index contributed by atoms with van der Waals surface area (Å²) in [4.78, 5) is 37.4. The molecule has 34 heavy (non-hydrogen) atoms. The molecule has 182 valence electrons. The summed E-state index contributed by atoms with van der Waals surface area (Å²) in [5, 5.41) is 6.48. The highest BCUT2D eigenvalue weighted by Gasteiger charge is 2.36. The molecule has 1 saturated carbocycles. The smallest absolute Gasteiger partial charge is 0.341 e. The highest BCUT2D eigenvalue weighted by molar-refractivity contribution is 7.18. The lowest BCUT2D eigenvalue weighted by molar-refractivity contribution is -0.115. The third kappa shape index (κ3) is 4.74. The van der Waals surface area contributed by atoms with Crippen molar-refractivity contribution in [2.45, 2.75) is 45.1 Å². The van der Waals surface area contributed by atoms with E-state index in [0.717, 1.165) is 48.3 Å². The van der Waals surface area contributed by atoms with Crippen LogP contribution in [0.3, 0.4) is 0 Å². The molecule has 0 unspecified atom stereocenters. The van der Waals surface area contributed by atoms with E-state index in [1.807, 2.05) is 18.2 Å². The number of hydrogen-bond donors (Lipinski definition) is 3. The average Bonchev–Trinajstić information content (AvgIpc) is 3.43. The fourth-order valence-corrected chi connectivity index (χ4v) is 5.66. The number of amides is 2. The Morgan fingerprint density at radius 1 is 1.15 bits per heavy atom. The number of benzene rings is 1. The molecule has 0 saturated heterocycles. The first kappa shape index (κ1) is 24.0. The van der Waals surface area contributed by atoms with Crippen molar-refractivity contribution in [3.63, 3.8) is 0 Å². The van der Waals surface area contributed by atoms with E-state index < -0.39 is 11.9 Å². The Bertz CT molecular complexity index is 1110. The van der Waals surface area contributed by atoms with Crippen LogP contribution >= 0.6 is 11.3 Å². The van der Waals surface area contributed by atoms with Gasteiger partial charge in [-0.05, 0) is 49.9 Å². The Morgan fingerprint density at radius 2 is 1.85 bits per heavy atom. The van der Waals surface area contributed by atoms with Crippen molar-refractivity contribution in [1.29, 1.82) is 0 Å². The van der Waals surface area contributed by atoms with Gasteiger partial charge in [-0.3, -0.25) is 14.9 Å². The second-order valence-electron chi connectivity index (χ2n) is 8.39. The Hall–Kier alpha value is -3.11. The maximum absolute atomic E-state index is 12.9. The second kappa shape index (κ2) is 10.0. The summed E-state index contributed by atoms with van der Waals surface area (Å²) in [6, 6.07) is 5.92. The monoisotopic (exact) mass is 487 g/mol. The van der Waals surface area contributed by atoms with Gasteiger partial charge >= 0.3 is 5.97 Å². The zero-order chi connectivity index (χ0) is 24.3. The summed E-state index contributed by atoms with van der Waals surface area (Å²) >= 11 is 0.980. The number of carbonyl (C=O) groups excluding carboxylic acids is 3. The van der Waals surface area contributed by atoms with Gasteiger partial charge in [0.1, 0.15) is 18.2 Å². The molecule has 1 aromatic heterocycles. The summed E-state index contributed by atoms with van der Waals surface area (Å²) in [6.07, 6.45) is 3.86. The van der Waals surface area contributed by atoms with Crippen molar-refractivity contribution in [2.75, 3.05) is 31.7 Å². The van der Waals surface area contributed by atoms with Gasteiger partial charge in [0.25, 0.3) is 5.91 Å². The minimum absolute atomic E-state index is 0.0273. The summed E-state index contributed by atoms with van der Waals surface area (Å²) in [7, 11) is 0. The molecule has 2 aromatic rings. The van der Waals surface area contributed by atoms with Crippen LogP contribution in [-0.4, -0.2) is 44.1 Å². The molecule has 0 atom stereocenters. The Kier molecular flexibility index (Phi) is 7.08. The van der Waals surface area contributed by atoms with Crippen LogP contribution in [0.15, 0.2) is 18.2 Å². The first-order chi connectivity index (χ1) is 16.3. The predicted octanol–water partition coefficient (Wildman–Crippen LogP) is 3.10. The van der Waals surface area contributed by atoms with Crippen LogP contribution in [-0.2, 0) is 15.1 Å². The Morgan fingerprint density at radius 3 is 2.53 bits per heavy atom. The standard InChI is InChI=1S/C24H29N3O6S/c1-3-31-23(30)19-14(2)20(21(25)29)34-22(19)27-18(28)13-26-24(8-4-5-9-24)15-6-7-16-17(12-15)33-11-10-32-16/h6-7,12,26H,3-5,8-11,13H2,1-2H3,(H2,25,29)(H,27,28). The number of primary amides is 1. The van der Waals surface area contributed by atoms with Crippen molar-refractivity contribution in [1.82, 2.24) is 5.32 Å². The van der Waals surface area contributed by atoms with Gasteiger partial charge in [-0.2, -0.15) is 0 Å². The molecule has 1 aliphatic heterocycles. The van der Waals surface area contributed by atoms with E-state index >= 15 is 0 Å². The van der Waals surface area contributed by atoms with E-state index in [0.29, 0.717) is 24.5 Å². The molecule has 2 amide bonds.